The lowest BCUT2D eigenvalue weighted by atomic mass is 10.0. The molecule has 238 valence electrons. The molecule has 0 spiro atoms. The van der Waals surface area contributed by atoms with Crippen molar-refractivity contribution < 1.29 is 13.9 Å². The van der Waals surface area contributed by atoms with E-state index in [1.807, 2.05) is 60.0 Å². The van der Waals surface area contributed by atoms with Crippen LogP contribution in [0.5, 0.6) is 11.5 Å². The number of rotatable bonds is 9. The minimum Gasteiger partial charge on any atom is -0.451 e. The van der Waals surface area contributed by atoms with Crippen LogP contribution in [0.25, 0.3) is 27.4 Å². The number of aromatic nitrogens is 1. The number of nitrogens with zero attached hydrogens (tertiary/aromatic N) is 3. The summed E-state index contributed by atoms with van der Waals surface area (Å²) in [4.78, 5) is 31.4. The molecule has 1 amide bonds. The molecule has 4 N–H and O–H groups in total. The number of hydrogen-bond acceptors (Lipinski definition) is 7. The third-order valence-corrected chi connectivity index (χ3v) is 8.69. The van der Waals surface area contributed by atoms with Crippen LogP contribution in [0.15, 0.2) is 66.2 Å². The lowest BCUT2D eigenvalue weighted by molar-refractivity contribution is 0.0948. The zero-order valence-electron chi connectivity index (χ0n) is 26.5. The maximum Gasteiger partial charge on any atom is 0.256 e. The number of nitrogens with one attached hydrogen (secondary N) is 2. The van der Waals surface area contributed by atoms with Crippen LogP contribution in [0.2, 0.25) is 0 Å². The van der Waals surface area contributed by atoms with E-state index in [1.54, 1.807) is 6.20 Å². The molecule has 3 aromatic carbocycles. The Kier molecular flexibility index (Phi) is 9.74. The Balaban J connectivity index is 0.000000945. The van der Waals surface area contributed by atoms with Crippen molar-refractivity contribution in [1.29, 1.82) is 0 Å². The number of ether oxygens (including phenoxy) is 1. The molecule has 0 aliphatic carbocycles. The quantitative estimate of drug-likeness (QED) is 0.145. The van der Waals surface area contributed by atoms with E-state index in [4.69, 9.17) is 4.74 Å². The van der Waals surface area contributed by atoms with Gasteiger partial charge in [-0.25, -0.2) is 4.39 Å². The second kappa shape index (κ2) is 13.7. The van der Waals surface area contributed by atoms with Crippen LogP contribution in [-0.4, -0.2) is 55.1 Å². The number of amides is 1. The highest BCUT2D eigenvalue weighted by Gasteiger charge is 2.32. The minimum absolute atomic E-state index is 0.0108. The van der Waals surface area contributed by atoms with Gasteiger partial charge in [0.15, 0.2) is 17.3 Å². The number of pyridine rings is 1. The third-order valence-electron chi connectivity index (χ3n) is 8.69. The number of benzene rings is 3. The molecule has 1 fully saturated rings. The Labute approximate surface area is 263 Å². The van der Waals surface area contributed by atoms with Gasteiger partial charge in [-0.15, -0.1) is 0 Å². The van der Waals surface area contributed by atoms with E-state index < -0.39 is 17.2 Å². The molecular weight excluding hydrogens is 571 g/mol. The summed E-state index contributed by atoms with van der Waals surface area (Å²) in [6, 6.07) is 13.5. The fourth-order valence-corrected chi connectivity index (χ4v) is 6.33. The van der Waals surface area contributed by atoms with E-state index in [1.165, 1.54) is 12.3 Å². The fourth-order valence-electron chi connectivity index (χ4n) is 6.33. The molecule has 9 nitrogen and oxygen atoms in total. The normalized spacial score (nSPS) is 15.7. The van der Waals surface area contributed by atoms with Gasteiger partial charge in [-0.05, 0) is 68.2 Å². The molecule has 2 aliphatic heterocycles. The van der Waals surface area contributed by atoms with Gasteiger partial charge in [0.05, 0.1) is 11.1 Å². The number of hydrazine groups is 1. The van der Waals surface area contributed by atoms with Crippen molar-refractivity contribution in [3.8, 4) is 17.2 Å². The number of carbonyl (C=O) groups is 1. The Hall–Kier alpha value is -4.41. The van der Waals surface area contributed by atoms with Crippen LogP contribution < -0.4 is 31.7 Å². The summed E-state index contributed by atoms with van der Waals surface area (Å²) in [7, 11) is 4.07. The SMILES string of the molecule is C=CNN.CCC[C@@H](CCNC(=O)c1cn2c3c(c(N4CC[C@@H](C)C4)c(F)cc3c1=O)Oc1cc3ccccc3cc1-2)N(C)C. The van der Waals surface area contributed by atoms with Gasteiger partial charge < -0.3 is 29.8 Å². The van der Waals surface area contributed by atoms with E-state index in [9.17, 15) is 9.59 Å². The first kappa shape index (κ1) is 32.0. The Morgan fingerprint density at radius 1 is 1.22 bits per heavy atom. The van der Waals surface area contributed by atoms with Crippen LogP contribution in [0.3, 0.4) is 0 Å². The summed E-state index contributed by atoms with van der Waals surface area (Å²) >= 11 is 0. The van der Waals surface area contributed by atoms with Crippen molar-refractivity contribution in [2.75, 3.05) is 38.6 Å². The first-order valence-electron chi connectivity index (χ1n) is 15.6. The zero-order valence-corrected chi connectivity index (χ0v) is 26.5. The number of fused-ring (bicyclic) bond motifs is 3. The van der Waals surface area contributed by atoms with Crippen molar-refractivity contribution in [1.82, 2.24) is 20.2 Å². The molecule has 1 aromatic heterocycles. The minimum atomic E-state index is -0.513. The van der Waals surface area contributed by atoms with E-state index in [2.05, 4.69) is 41.9 Å². The van der Waals surface area contributed by atoms with E-state index in [0.717, 1.165) is 36.5 Å². The molecule has 0 bridgehead atoms. The lowest BCUT2D eigenvalue weighted by Gasteiger charge is -2.29. The van der Waals surface area contributed by atoms with E-state index in [-0.39, 0.29) is 10.9 Å². The molecular formula is C35H43FN6O3. The molecule has 2 aliphatic rings. The standard InChI is InChI=1S/C33H37FN4O3.C2H6N2/c1-5-8-23(36(3)4)11-13-35-33(40)25-19-38-27-15-21-9-6-7-10-22(21)16-28(27)41-32-29(38)24(31(25)39)17-26(34)30(32)37-14-12-20(2)18-37;1-2-4-3/h6-7,9-10,15-17,19-20,23H,5,8,11-14,18H2,1-4H3,(H,35,40);2,4H,1,3H2/t20-,23+;/m1./s1. The van der Waals surface area contributed by atoms with Crippen molar-refractivity contribution in [2.45, 2.75) is 45.6 Å². The van der Waals surface area contributed by atoms with Crippen LogP contribution in [-0.2, 0) is 0 Å². The highest BCUT2D eigenvalue weighted by atomic mass is 19.1. The average molecular weight is 615 g/mol. The van der Waals surface area contributed by atoms with Gasteiger partial charge in [0, 0.05) is 38.1 Å². The van der Waals surface area contributed by atoms with Crippen molar-refractivity contribution >= 4 is 33.3 Å². The molecule has 0 saturated carbocycles. The molecule has 1 saturated heterocycles. The summed E-state index contributed by atoms with van der Waals surface area (Å²) < 4.78 is 24.2. The first-order chi connectivity index (χ1) is 21.7. The number of carbonyl (C=O) groups excluding carboxylic acids is 1. The Morgan fingerprint density at radius 3 is 2.56 bits per heavy atom. The van der Waals surface area contributed by atoms with Gasteiger partial charge in [-0.2, -0.15) is 0 Å². The molecule has 3 heterocycles. The van der Waals surface area contributed by atoms with Gasteiger partial charge in [0.1, 0.15) is 16.8 Å². The summed E-state index contributed by atoms with van der Waals surface area (Å²) in [5.41, 5.74) is 3.25. The molecule has 4 aromatic rings. The predicted molar refractivity (Wildman–Crippen MR) is 180 cm³/mol. The summed E-state index contributed by atoms with van der Waals surface area (Å²) in [6.45, 7) is 9.39. The summed E-state index contributed by atoms with van der Waals surface area (Å²) in [5.74, 6) is 5.00. The molecule has 6 rings (SSSR count). The van der Waals surface area contributed by atoms with Crippen molar-refractivity contribution in [3.05, 3.63) is 83.0 Å². The fraction of sp³-hybridized carbons (Fsp3) is 0.371. The molecule has 45 heavy (non-hydrogen) atoms. The topological polar surface area (TPSA) is 105 Å². The smallest absolute Gasteiger partial charge is 0.256 e. The first-order valence-corrected chi connectivity index (χ1v) is 15.6. The molecule has 0 unspecified atom stereocenters. The van der Waals surface area contributed by atoms with Gasteiger partial charge in [0.25, 0.3) is 5.91 Å². The number of hydrogen-bond donors (Lipinski definition) is 3. The Bertz CT molecular complexity index is 1790. The van der Waals surface area contributed by atoms with Crippen molar-refractivity contribution in [3.63, 3.8) is 0 Å². The molecule has 10 heteroatoms. The maximum absolute atomic E-state index is 15.9. The maximum atomic E-state index is 15.9. The zero-order chi connectivity index (χ0) is 32.2. The van der Waals surface area contributed by atoms with Crippen LogP contribution in [0.4, 0.5) is 10.1 Å². The van der Waals surface area contributed by atoms with Gasteiger partial charge >= 0.3 is 0 Å². The van der Waals surface area contributed by atoms with Crippen LogP contribution >= 0.6 is 0 Å². The summed E-state index contributed by atoms with van der Waals surface area (Å²) in [6.07, 6.45) is 6.80. The molecule has 0 radical (unpaired) electrons. The predicted octanol–water partition coefficient (Wildman–Crippen LogP) is 5.68. The second-order valence-electron chi connectivity index (χ2n) is 12.1. The monoisotopic (exact) mass is 614 g/mol. The highest BCUT2D eigenvalue weighted by Crippen LogP contribution is 2.48. The number of anilines is 1. The van der Waals surface area contributed by atoms with E-state index in [0.29, 0.717) is 60.0 Å². The average Bonchev–Trinajstić information content (AvgIpc) is 3.46. The number of halogens is 1. The molecule has 2 atom stereocenters. The highest BCUT2D eigenvalue weighted by molar-refractivity contribution is 6.02. The van der Waals surface area contributed by atoms with Crippen LogP contribution in [0.1, 0.15) is 49.9 Å². The largest absolute Gasteiger partial charge is 0.451 e. The van der Waals surface area contributed by atoms with Gasteiger partial charge in [-0.1, -0.05) is 51.1 Å². The third kappa shape index (κ3) is 6.39. The van der Waals surface area contributed by atoms with Crippen LogP contribution in [0, 0.1) is 11.7 Å². The number of nitrogens with two attached hydrogens (primary N) is 1. The van der Waals surface area contributed by atoms with E-state index >= 15 is 4.39 Å². The van der Waals surface area contributed by atoms with Gasteiger partial charge in [0.2, 0.25) is 5.43 Å². The Morgan fingerprint density at radius 2 is 1.93 bits per heavy atom. The van der Waals surface area contributed by atoms with Gasteiger partial charge in [-0.3, -0.25) is 15.4 Å². The lowest BCUT2D eigenvalue weighted by Crippen LogP contribution is -2.35. The van der Waals surface area contributed by atoms with Crippen molar-refractivity contribution in [2.24, 2.45) is 11.8 Å². The summed E-state index contributed by atoms with van der Waals surface area (Å²) in [5, 5.41) is 5.07. The second-order valence-corrected chi connectivity index (χ2v) is 12.1.